The Morgan fingerprint density at radius 1 is 1.33 bits per heavy atom. The molecule has 1 aromatic carbocycles. The van der Waals surface area contributed by atoms with Gasteiger partial charge >= 0.3 is 0 Å². The van der Waals surface area contributed by atoms with Crippen LogP contribution in [0, 0.1) is 0 Å². The summed E-state index contributed by atoms with van der Waals surface area (Å²) in [5.74, 6) is 0. The third-order valence-corrected chi connectivity index (χ3v) is 3.51. The van der Waals surface area contributed by atoms with Crippen molar-refractivity contribution in [1.29, 1.82) is 0 Å². The lowest BCUT2D eigenvalue weighted by atomic mass is 10.2. The van der Waals surface area contributed by atoms with Crippen molar-refractivity contribution in [3.05, 3.63) is 24.3 Å². The average molecular weight is 269 g/mol. The Labute approximate surface area is 108 Å². The van der Waals surface area contributed by atoms with Gasteiger partial charge < -0.3 is 10.6 Å². The summed E-state index contributed by atoms with van der Waals surface area (Å²) in [7, 11) is -3.24. The second-order valence-electron chi connectivity index (χ2n) is 4.59. The quantitative estimate of drug-likeness (QED) is 0.752. The fourth-order valence-corrected chi connectivity index (χ4v) is 2.67. The van der Waals surface area contributed by atoms with Crippen LogP contribution < -0.4 is 15.4 Å². The molecule has 2 rings (SSSR count). The predicted molar refractivity (Wildman–Crippen MR) is 74.4 cm³/mol. The average Bonchev–Trinajstić information content (AvgIpc) is 2.79. The number of para-hydroxylation sites is 2. The van der Waals surface area contributed by atoms with Crippen LogP contribution >= 0.6 is 0 Å². The molecule has 100 valence electrons. The van der Waals surface area contributed by atoms with Crippen LogP contribution in [-0.2, 0) is 10.0 Å². The van der Waals surface area contributed by atoms with E-state index in [2.05, 4.69) is 15.4 Å². The van der Waals surface area contributed by atoms with E-state index in [4.69, 9.17) is 0 Å². The fraction of sp³-hybridized carbons (Fsp3) is 0.500. The molecule has 1 atom stereocenters. The van der Waals surface area contributed by atoms with E-state index in [1.54, 1.807) is 6.07 Å². The van der Waals surface area contributed by atoms with Gasteiger partial charge in [0, 0.05) is 12.6 Å². The summed E-state index contributed by atoms with van der Waals surface area (Å²) in [5, 5.41) is 6.68. The zero-order chi connectivity index (χ0) is 13.0. The third-order valence-electron chi connectivity index (χ3n) is 2.92. The molecular formula is C12H19N3O2S. The van der Waals surface area contributed by atoms with E-state index in [-0.39, 0.29) is 0 Å². The molecule has 0 radical (unpaired) electrons. The van der Waals surface area contributed by atoms with Gasteiger partial charge in [0.15, 0.2) is 0 Å². The van der Waals surface area contributed by atoms with Crippen molar-refractivity contribution in [2.75, 3.05) is 29.4 Å². The predicted octanol–water partition coefficient (Wildman–Crippen LogP) is 1.22. The van der Waals surface area contributed by atoms with Crippen LogP contribution in [0.4, 0.5) is 11.4 Å². The summed E-state index contributed by atoms with van der Waals surface area (Å²) in [4.78, 5) is 0. The Hall–Kier alpha value is -1.27. The minimum absolute atomic E-state index is 0.469. The summed E-state index contributed by atoms with van der Waals surface area (Å²) < 4.78 is 25.0. The van der Waals surface area contributed by atoms with Gasteiger partial charge in [-0.15, -0.1) is 0 Å². The molecule has 0 bridgehead atoms. The first-order chi connectivity index (χ1) is 8.54. The smallest absolute Gasteiger partial charge is 0.229 e. The summed E-state index contributed by atoms with van der Waals surface area (Å²) in [6.07, 6.45) is 3.52. The maximum atomic E-state index is 11.3. The molecule has 1 aromatic rings. The zero-order valence-corrected chi connectivity index (χ0v) is 11.3. The van der Waals surface area contributed by atoms with Gasteiger partial charge in [-0.3, -0.25) is 4.72 Å². The molecule has 6 heteroatoms. The maximum Gasteiger partial charge on any atom is 0.229 e. The highest BCUT2D eigenvalue weighted by molar-refractivity contribution is 7.92. The molecule has 18 heavy (non-hydrogen) atoms. The molecular weight excluding hydrogens is 250 g/mol. The van der Waals surface area contributed by atoms with Crippen LogP contribution in [0.5, 0.6) is 0 Å². The Kier molecular flexibility index (Phi) is 4.08. The summed E-state index contributed by atoms with van der Waals surface area (Å²) >= 11 is 0. The lowest BCUT2D eigenvalue weighted by Crippen LogP contribution is -2.29. The Bertz CT molecular complexity index is 496. The summed E-state index contributed by atoms with van der Waals surface area (Å²) in [6, 6.07) is 7.80. The van der Waals surface area contributed by atoms with E-state index >= 15 is 0 Å². The lowest BCUT2D eigenvalue weighted by molar-refractivity contribution is 0.607. The molecule has 1 saturated heterocycles. The van der Waals surface area contributed by atoms with Gasteiger partial charge in [0.2, 0.25) is 10.0 Å². The Balaban J connectivity index is 2.02. The number of rotatable bonds is 5. The monoisotopic (exact) mass is 269 g/mol. The van der Waals surface area contributed by atoms with Crippen LogP contribution in [0.25, 0.3) is 0 Å². The van der Waals surface area contributed by atoms with E-state index in [0.29, 0.717) is 11.7 Å². The lowest BCUT2D eigenvalue weighted by Gasteiger charge is -2.16. The molecule has 0 saturated carbocycles. The van der Waals surface area contributed by atoms with E-state index in [9.17, 15) is 8.42 Å². The van der Waals surface area contributed by atoms with Gasteiger partial charge in [-0.1, -0.05) is 12.1 Å². The van der Waals surface area contributed by atoms with Crippen molar-refractivity contribution < 1.29 is 8.42 Å². The first-order valence-corrected chi connectivity index (χ1v) is 7.98. The van der Waals surface area contributed by atoms with Crippen LogP contribution in [-0.4, -0.2) is 33.8 Å². The first-order valence-electron chi connectivity index (χ1n) is 6.09. The van der Waals surface area contributed by atoms with Gasteiger partial charge in [0.1, 0.15) is 0 Å². The number of benzene rings is 1. The highest BCUT2D eigenvalue weighted by atomic mass is 32.2. The van der Waals surface area contributed by atoms with Crippen LogP contribution in [0.1, 0.15) is 12.8 Å². The largest absolute Gasteiger partial charge is 0.382 e. The standard InChI is InChI=1S/C12H19N3O2S/c1-18(16,17)15-12-7-3-2-6-11(12)14-9-10-5-4-8-13-10/h2-3,6-7,10,13-15H,4-5,8-9H2,1H3. The maximum absolute atomic E-state index is 11.3. The molecule has 1 aliphatic rings. The summed E-state index contributed by atoms with van der Waals surface area (Å²) in [6.45, 7) is 1.87. The second-order valence-corrected chi connectivity index (χ2v) is 6.34. The van der Waals surface area contributed by atoms with Crippen molar-refractivity contribution in [3.63, 3.8) is 0 Å². The SMILES string of the molecule is CS(=O)(=O)Nc1ccccc1NCC1CCCN1. The van der Waals surface area contributed by atoms with Crippen molar-refractivity contribution in [2.45, 2.75) is 18.9 Å². The molecule has 5 nitrogen and oxygen atoms in total. The van der Waals surface area contributed by atoms with Crippen LogP contribution in [0.2, 0.25) is 0 Å². The van der Waals surface area contributed by atoms with Crippen molar-refractivity contribution in [1.82, 2.24) is 5.32 Å². The van der Waals surface area contributed by atoms with Crippen molar-refractivity contribution in [2.24, 2.45) is 0 Å². The molecule has 0 spiro atoms. The Morgan fingerprint density at radius 3 is 2.67 bits per heavy atom. The fourth-order valence-electron chi connectivity index (χ4n) is 2.09. The summed E-state index contributed by atoms with van der Waals surface area (Å²) in [5.41, 5.74) is 1.41. The highest BCUT2D eigenvalue weighted by Crippen LogP contribution is 2.22. The minimum Gasteiger partial charge on any atom is -0.382 e. The van der Waals surface area contributed by atoms with E-state index in [1.807, 2.05) is 18.2 Å². The van der Waals surface area contributed by atoms with Crippen molar-refractivity contribution in [3.8, 4) is 0 Å². The van der Waals surface area contributed by atoms with Gasteiger partial charge in [-0.25, -0.2) is 8.42 Å². The zero-order valence-electron chi connectivity index (χ0n) is 10.4. The third kappa shape index (κ3) is 3.89. The number of hydrogen-bond acceptors (Lipinski definition) is 4. The van der Waals surface area contributed by atoms with E-state index in [1.165, 1.54) is 6.42 Å². The number of sulfonamides is 1. The molecule has 0 amide bonds. The number of nitrogens with one attached hydrogen (secondary N) is 3. The Morgan fingerprint density at radius 2 is 2.06 bits per heavy atom. The van der Waals surface area contributed by atoms with Gasteiger partial charge in [-0.05, 0) is 31.5 Å². The molecule has 0 aromatic heterocycles. The van der Waals surface area contributed by atoms with E-state index in [0.717, 1.165) is 31.5 Å². The first kappa shape index (κ1) is 13.2. The van der Waals surface area contributed by atoms with Crippen molar-refractivity contribution >= 4 is 21.4 Å². The highest BCUT2D eigenvalue weighted by Gasteiger charge is 2.14. The van der Waals surface area contributed by atoms with E-state index < -0.39 is 10.0 Å². The van der Waals surface area contributed by atoms with Crippen LogP contribution in [0.3, 0.4) is 0 Å². The number of hydrogen-bond donors (Lipinski definition) is 3. The second kappa shape index (κ2) is 5.58. The molecule has 1 unspecified atom stereocenters. The van der Waals surface area contributed by atoms with Gasteiger partial charge in [0.25, 0.3) is 0 Å². The normalized spacial score (nSPS) is 19.7. The number of anilines is 2. The van der Waals surface area contributed by atoms with Gasteiger partial charge in [0.05, 0.1) is 17.6 Å². The topological polar surface area (TPSA) is 70.2 Å². The molecule has 3 N–H and O–H groups in total. The molecule has 1 aliphatic heterocycles. The molecule has 1 heterocycles. The molecule has 0 aliphatic carbocycles. The minimum atomic E-state index is -3.24. The van der Waals surface area contributed by atoms with Gasteiger partial charge in [-0.2, -0.15) is 0 Å². The molecule has 1 fully saturated rings. The van der Waals surface area contributed by atoms with Crippen LogP contribution in [0.15, 0.2) is 24.3 Å².